The number of fused-ring (bicyclic) bond motifs is 2. The molecule has 1 atom stereocenters. The molecule has 0 fully saturated rings. The van der Waals surface area contributed by atoms with Gasteiger partial charge < -0.3 is 4.74 Å². The van der Waals surface area contributed by atoms with Gasteiger partial charge in [0.1, 0.15) is 18.4 Å². The van der Waals surface area contributed by atoms with Crippen molar-refractivity contribution < 1.29 is 4.74 Å². The maximum absolute atomic E-state index is 5.93. The number of para-hydroxylation sites is 1. The van der Waals surface area contributed by atoms with Crippen molar-refractivity contribution in [2.45, 2.75) is 39.0 Å². The minimum atomic E-state index is -0.177. The zero-order valence-electron chi connectivity index (χ0n) is 13.2. The molecule has 1 aliphatic rings. The Hall–Kier alpha value is -2.38. The van der Waals surface area contributed by atoms with Crippen LogP contribution >= 0.6 is 0 Å². The van der Waals surface area contributed by atoms with Crippen molar-refractivity contribution in [2.75, 3.05) is 0 Å². The molecule has 1 heterocycles. The summed E-state index contributed by atoms with van der Waals surface area (Å²) in [5.41, 5.74) is 3.20. The van der Waals surface area contributed by atoms with E-state index in [4.69, 9.17) is 4.74 Å². The van der Waals surface area contributed by atoms with E-state index >= 15 is 0 Å². The van der Waals surface area contributed by atoms with Crippen molar-refractivity contribution in [2.24, 2.45) is 9.98 Å². The topological polar surface area (TPSA) is 34.0 Å². The number of nitrogens with zero attached hydrogens (tertiary/aromatic N) is 2. The normalized spacial score (nSPS) is 16.4. The monoisotopic (exact) mass is 292 g/mol. The first-order valence-electron chi connectivity index (χ1n) is 7.51. The Morgan fingerprint density at radius 3 is 2.45 bits per heavy atom. The molecule has 1 unspecified atom stereocenters. The van der Waals surface area contributed by atoms with Crippen LogP contribution in [0.25, 0.3) is 0 Å². The molecule has 2 aromatic carbocycles. The minimum absolute atomic E-state index is 0.124. The zero-order chi connectivity index (χ0) is 15.6. The summed E-state index contributed by atoms with van der Waals surface area (Å²) in [5.74, 6) is 0.880. The highest BCUT2D eigenvalue weighted by molar-refractivity contribution is 5.51. The lowest BCUT2D eigenvalue weighted by Gasteiger charge is -2.13. The largest absolute Gasteiger partial charge is 0.489 e. The van der Waals surface area contributed by atoms with E-state index in [1.54, 1.807) is 0 Å². The van der Waals surface area contributed by atoms with Crippen molar-refractivity contribution in [1.29, 1.82) is 0 Å². The van der Waals surface area contributed by atoms with Crippen LogP contribution in [0, 0.1) is 0 Å². The summed E-state index contributed by atoms with van der Waals surface area (Å²) in [4.78, 5) is 8.98. The average molecular weight is 292 g/mol. The lowest BCUT2D eigenvalue weighted by Crippen LogP contribution is -2.08. The second-order valence-electron chi connectivity index (χ2n) is 6.44. The zero-order valence-corrected chi connectivity index (χ0v) is 13.2. The Morgan fingerprint density at radius 2 is 1.68 bits per heavy atom. The first-order valence-corrected chi connectivity index (χ1v) is 7.51. The second-order valence-corrected chi connectivity index (χ2v) is 6.44. The molecule has 0 radical (unpaired) electrons. The molecule has 3 rings (SSSR count). The molecule has 0 N–H and O–H groups in total. The predicted octanol–water partition coefficient (Wildman–Crippen LogP) is 4.64. The average Bonchev–Trinajstić information content (AvgIpc) is 2.64. The Labute approximate surface area is 131 Å². The maximum Gasteiger partial charge on any atom is 0.125 e. The first-order chi connectivity index (χ1) is 10.5. The summed E-state index contributed by atoms with van der Waals surface area (Å²) in [6.07, 6.45) is 0. The van der Waals surface area contributed by atoms with Gasteiger partial charge in [0.05, 0.1) is 11.5 Å². The fraction of sp³-hybridized carbons (Fsp3) is 0.316. The van der Waals surface area contributed by atoms with E-state index in [0.717, 1.165) is 22.4 Å². The maximum atomic E-state index is 5.93. The van der Waals surface area contributed by atoms with Crippen LogP contribution in [0.5, 0.6) is 5.75 Å². The lowest BCUT2D eigenvalue weighted by molar-refractivity contribution is 0.307. The smallest absolute Gasteiger partial charge is 0.125 e. The molecule has 0 spiro atoms. The van der Waals surface area contributed by atoms with E-state index in [0.29, 0.717) is 6.61 Å². The molecule has 0 aromatic heterocycles. The second kappa shape index (κ2) is 5.78. The van der Waals surface area contributed by atoms with E-state index in [9.17, 15) is 0 Å². The molecule has 0 bridgehead atoms. The minimum Gasteiger partial charge on any atom is -0.489 e. The first kappa shape index (κ1) is 14.6. The number of hydrogen-bond donors (Lipinski definition) is 0. The number of hydrogen-bond acceptors (Lipinski definition) is 3. The molecule has 0 aliphatic carbocycles. The number of benzene rings is 2. The quantitative estimate of drug-likeness (QED) is 0.705. The van der Waals surface area contributed by atoms with Crippen molar-refractivity contribution in [3.63, 3.8) is 0 Å². The molecular formula is C19H20N2O. The SMILES string of the molecule is CC(C)(C)N=C=NC1c2ccccc2COc2ccccc21. The van der Waals surface area contributed by atoms with E-state index in [-0.39, 0.29) is 11.6 Å². The molecular weight excluding hydrogens is 272 g/mol. The van der Waals surface area contributed by atoms with Crippen LogP contribution in [0.15, 0.2) is 58.5 Å². The summed E-state index contributed by atoms with van der Waals surface area (Å²) < 4.78 is 5.93. The Balaban J connectivity index is 2.12. The van der Waals surface area contributed by atoms with Crippen LogP contribution in [-0.4, -0.2) is 11.5 Å². The summed E-state index contributed by atoms with van der Waals surface area (Å²) >= 11 is 0. The summed E-state index contributed by atoms with van der Waals surface area (Å²) in [6, 6.07) is 19.1. The van der Waals surface area contributed by atoms with Crippen LogP contribution in [-0.2, 0) is 6.61 Å². The number of rotatable bonds is 1. The highest BCUT2D eigenvalue weighted by Crippen LogP contribution is 2.37. The van der Waals surface area contributed by atoms with Crippen LogP contribution < -0.4 is 4.74 Å². The summed E-state index contributed by atoms with van der Waals surface area (Å²) in [6.45, 7) is 6.67. The van der Waals surface area contributed by atoms with Gasteiger partial charge in [0.2, 0.25) is 0 Å². The van der Waals surface area contributed by atoms with Gasteiger partial charge in [-0.25, -0.2) is 9.98 Å². The highest BCUT2D eigenvalue weighted by atomic mass is 16.5. The van der Waals surface area contributed by atoms with Gasteiger partial charge in [-0.3, -0.25) is 0 Å². The number of ether oxygens (including phenoxy) is 1. The van der Waals surface area contributed by atoms with Gasteiger partial charge in [-0.1, -0.05) is 42.5 Å². The molecule has 22 heavy (non-hydrogen) atoms. The van der Waals surface area contributed by atoms with Gasteiger partial charge in [-0.05, 0) is 38.0 Å². The third kappa shape index (κ3) is 3.10. The fourth-order valence-corrected chi connectivity index (χ4v) is 2.47. The van der Waals surface area contributed by atoms with Crippen molar-refractivity contribution in [1.82, 2.24) is 0 Å². The van der Waals surface area contributed by atoms with Crippen LogP contribution in [0.4, 0.5) is 0 Å². The van der Waals surface area contributed by atoms with E-state index in [1.165, 1.54) is 0 Å². The molecule has 0 amide bonds. The molecule has 1 aliphatic heterocycles. The van der Waals surface area contributed by atoms with Crippen LogP contribution in [0.3, 0.4) is 0 Å². The molecule has 2 aromatic rings. The van der Waals surface area contributed by atoms with Gasteiger partial charge in [-0.2, -0.15) is 0 Å². The highest BCUT2D eigenvalue weighted by Gasteiger charge is 2.23. The molecule has 0 saturated carbocycles. The van der Waals surface area contributed by atoms with Gasteiger partial charge in [-0.15, -0.1) is 0 Å². The van der Waals surface area contributed by atoms with Crippen molar-refractivity contribution in [3.05, 3.63) is 65.2 Å². The third-order valence-corrected chi connectivity index (χ3v) is 3.52. The van der Waals surface area contributed by atoms with E-state index in [1.807, 2.05) is 51.1 Å². The summed E-state index contributed by atoms with van der Waals surface area (Å²) in [7, 11) is 0. The Kier molecular flexibility index (Phi) is 3.82. The molecule has 3 nitrogen and oxygen atoms in total. The molecule has 0 saturated heterocycles. The lowest BCUT2D eigenvalue weighted by atomic mass is 9.96. The number of aliphatic imine (C=N–C) groups is 2. The Morgan fingerprint density at radius 1 is 1.00 bits per heavy atom. The van der Waals surface area contributed by atoms with Gasteiger partial charge >= 0.3 is 0 Å². The van der Waals surface area contributed by atoms with Gasteiger partial charge in [0.25, 0.3) is 0 Å². The van der Waals surface area contributed by atoms with Crippen molar-refractivity contribution >= 4 is 6.01 Å². The van der Waals surface area contributed by atoms with E-state index in [2.05, 4.69) is 34.2 Å². The van der Waals surface area contributed by atoms with E-state index < -0.39 is 0 Å². The predicted molar refractivity (Wildman–Crippen MR) is 88.7 cm³/mol. The van der Waals surface area contributed by atoms with Crippen LogP contribution in [0.1, 0.15) is 43.5 Å². The summed E-state index contributed by atoms with van der Waals surface area (Å²) in [5, 5.41) is 0. The molecule has 3 heteroatoms. The third-order valence-electron chi connectivity index (χ3n) is 3.52. The van der Waals surface area contributed by atoms with Gasteiger partial charge in [0, 0.05) is 5.56 Å². The Bertz CT molecular complexity index is 690. The van der Waals surface area contributed by atoms with Crippen LogP contribution in [0.2, 0.25) is 0 Å². The fourth-order valence-electron chi connectivity index (χ4n) is 2.47. The standard InChI is InChI=1S/C19H20N2O/c1-19(2,3)21-13-20-18-15-9-5-4-8-14(15)12-22-17-11-7-6-10-16(17)18/h4-11,18H,12H2,1-3H3. The molecule has 112 valence electrons. The van der Waals surface area contributed by atoms with Gasteiger partial charge in [0.15, 0.2) is 0 Å². The van der Waals surface area contributed by atoms with Crippen molar-refractivity contribution in [3.8, 4) is 5.75 Å².